The molecule has 0 bridgehead atoms. The van der Waals surface area contributed by atoms with Crippen LogP contribution in [0.25, 0.3) is 0 Å². The molecule has 24 heavy (non-hydrogen) atoms. The maximum Gasteiger partial charge on any atom is 0.270 e. The van der Waals surface area contributed by atoms with Crippen LogP contribution in [0.2, 0.25) is 0 Å². The molecule has 0 aromatic carbocycles. The van der Waals surface area contributed by atoms with Gasteiger partial charge in [0, 0.05) is 19.0 Å². The van der Waals surface area contributed by atoms with Gasteiger partial charge in [-0.3, -0.25) is 14.4 Å². The number of likely N-dealkylation sites (tertiary alicyclic amines) is 1. The topological polar surface area (TPSA) is 108 Å². The van der Waals surface area contributed by atoms with Crippen molar-refractivity contribution in [3.63, 3.8) is 0 Å². The van der Waals surface area contributed by atoms with Crippen LogP contribution in [0.15, 0.2) is 12.1 Å². The number of primary amides is 1. The van der Waals surface area contributed by atoms with E-state index in [9.17, 15) is 14.4 Å². The van der Waals surface area contributed by atoms with Gasteiger partial charge in [-0.25, -0.2) is 0 Å². The molecule has 1 aliphatic carbocycles. The number of nitrogens with one attached hydrogen (secondary N) is 2. The van der Waals surface area contributed by atoms with E-state index < -0.39 is 5.91 Å². The van der Waals surface area contributed by atoms with Crippen molar-refractivity contribution < 1.29 is 14.4 Å². The first-order chi connectivity index (χ1) is 11.6. The van der Waals surface area contributed by atoms with Crippen LogP contribution >= 0.6 is 0 Å². The Kier molecular flexibility index (Phi) is 4.87. The standard InChI is InChI=1S/C17H24N4O3/c18-15(22)13-6-7-14(20-13)17(24)21-9-8-12(21)10-19-16(23)11-4-2-1-3-5-11/h6-7,11-12,20H,1-5,8-10H2,(H2,18,22)(H,19,23). The van der Waals surface area contributed by atoms with Gasteiger partial charge in [-0.15, -0.1) is 0 Å². The highest BCUT2D eigenvalue weighted by molar-refractivity contribution is 5.97. The Bertz CT molecular complexity index is 634. The van der Waals surface area contributed by atoms with Crippen LogP contribution in [0.4, 0.5) is 0 Å². The summed E-state index contributed by atoms with van der Waals surface area (Å²) in [4.78, 5) is 40.2. The van der Waals surface area contributed by atoms with E-state index in [1.807, 2.05) is 0 Å². The zero-order valence-electron chi connectivity index (χ0n) is 13.7. The van der Waals surface area contributed by atoms with Crippen LogP contribution in [-0.4, -0.2) is 46.7 Å². The molecule has 4 N–H and O–H groups in total. The molecule has 130 valence electrons. The lowest BCUT2D eigenvalue weighted by molar-refractivity contribution is -0.126. The average molecular weight is 332 g/mol. The Labute approximate surface area is 141 Å². The van der Waals surface area contributed by atoms with Crippen LogP contribution in [0.1, 0.15) is 59.5 Å². The first-order valence-corrected chi connectivity index (χ1v) is 8.63. The van der Waals surface area contributed by atoms with E-state index >= 15 is 0 Å². The normalized spacial score (nSPS) is 21.2. The molecule has 1 atom stereocenters. The highest BCUT2D eigenvalue weighted by Gasteiger charge is 2.34. The summed E-state index contributed by atoms with van der Waals surface area (Å²) >= 11 is 0. The predicted molar refractivity (Wildman–Crippen MR) is 88.3 cm³/mol. The fraction of sp³-hybridized carbons (Fsp3) is 0.588. The van der Waals surface area contributed by atoms with Gasteiger partial charge in [-0.05, 0) is 31.4 Å². The second-order valence-corrected chi connectivity index (χ2v) is 6.67. The molecule has 1 aliphatic heterocycles. The number of carbonyl (C=O) groups is 3. The van der Waals surface area contributed by atoms with Gasteiger partial charge in [0.15, 0.2) is 0 Å². The average Bonchev–Trinajstić information content (AvgIpc) is 3.05. The Hall–Kier alpha value is -2.31. The molecule has 1 unspecified atom stereocenters. The van der Waals surface area contributed by atoms with Gasteiger partial charge in [-0.1, -0.05) is 19.3 Å². The number of nitrogens with two attached hydrogens (primary N) is 1. The molecule has 2 heterocycles. The third-order valence-electron chi connectivity index (χ3n) is 5.07. The lowest BCUT2D eigenvalue weighted by Crippen LogP contribution is -2.56. The summed E-state index contributed by atoms with van der Waals surface area (Å²) in [6, 6.07) is 3.10. The van der Waals surface area contributed by atoms with Gasteiger partial charge in [0.1, 0.15) is 11.4 Å². The predicted octanol–water partition coefficient (Wildman–Crippen LogP) is 1.02. The minimum Gasteiger partial charge on any atom is -0.364 e. The number of carbonyl (C=O) groups excluding carboxylic acids is 3. The Morgan fingerprint density at radius 2 is 1.83 bits per heavy atom. The number of amides is 3. The molecular formula is C17H24N4O3. The number of H-pyrrole nitrogens is 1. The zero-order chi connectivity index (χ0) is 17.1. The molecule has 0 spiro atoms. The summed E-state index contributed by atoms with van der Waals surface area (Å²) in [6.07, 6.45) is 6.29. The van der Waals surface area contributed by atoms with Crippen molar-refractivity contribution >= 4 is 17.7 Å². The van der Waals surface area contributed by atoms with E-state index in [4.69, 9.17) is 5.73 Å². The number of hydrogen-bond donors (Lipinski definition) is 3. The van der Waals surface area contributed by atoms with E-state index in [1.165, 1.54) is 12.5 Å². The molecule has 2 fully saturated rings. The largest absolute Gasteiger partial charge is 0.364 e. The second-order valence-electron chi connectivity index (χ2n) is 6.67. The quantitative estimate of drug-likeness (QED) is 0.749. The Morgan fingerprint density at radius 1 is 1.12 bits per heavy atom. The van der Waals surface area contributed by atoms with Crippen LogP contribution in [0.5, 0.6) is 0 Å². The van der Waals surface area contributed by atoms with Crippen molar-refractivity contribution in [2.75, 3.05) is 13.1 Å². The first kappa shape index (κ1) is 16.5. The van der Waals surface area contributed by atoms with Crippen LogP contribution in [-0.2, 0) is 4.79 Å². The smallest absolute Gasteiger partial charge is 0.270 e. The third kappa shape index (κ3) is 3.44. The lowest BCUT2D eigenvalue weighted by atomic mass is 9.88. The highest BCUT2D eigenvalue weighted by atomic mass is 16.2. The minimum atomic E-state index is -0.589. The van der Waals surface area contributed by atoms with Gasteiger partial charge in [0.2, 0.25) is 5.91 Å². The summed E-state index contributed by atoms with van der Waals surface area (Å²) < 4.78 is 0. The van der Waals surface area contributed by atoms with Gasteiger partial charge in [-0.2, -0.15) is 0 Å². The molecule has 0 radical (unpaired) electrons. The summed E-state index contributed by atoms with van der Waals surface area (Å²) in [5.41, 5.74) is 5.76. The molecule has 7 nitrogen and oxygen atoms in total. The molecule has 1 aromatic heterocycles. The van der Waals surface area contributed by atoms with E-state index in [-0.39, 0.29) is 29.5 Å². The number of aromatic amines is 1. The molecule has 1 saturated heterocycles. The van der Waals surface area contributed by atoms with E-state index in [1.54, 1.807) is 11.0 Å². The highest BCUT2D eigenvalue weighted by Crippen LogP contribution is 2.24. The van der Waals surface area contributed by atoms with E-state index in [0.717, 1.165) is 32.1 Å². The molecular weight excluding hydrogens is 308 g/mol. The van der Waals surface area contributed by atoms with Crippen LogP contribution in [0.3, 0.4) is 0 Å². The molecule has 3 rings (SSSR count). The summed E-state index contributed by atoms with van der Waals surface area (Å²) in [5.74, 6) is -0.506. The van der Waals surface area contributed by atoms with Crippen molar-refractivity contribution in [3.8, 4) is 0 Å². The lowest BCUT2D eigenvalue weighted by Gasteiger charge is -2.41. The van der Waals surface area contributed by atoms with Crippen molar-refractivity contribution in [2.45, 2.75) is 44.6 Å². The van der Waals surface area contributed by atoms with Crippen molar-refractivity contribution in [2.24, 2.45) is 11.7 Å². The van der Waals surface area contributed by atoms with E-state index in [0.29, 0.717) is 18.8 Å². The van der Waals surface area contributed by atoms with Gasteiger partial charge in [0.05, 0.1) is 6.04 Å². The van der Waals surface area contributed by atoms with E-state index in [2.05, 4.69) is 10.3 Å². The summed E-state index contributed by atoms with van der Waals surface area (Å²) in [7, 11) is 0. The van der Waals surface area contributed by atoms with Gasteiger partial charge in [0.25, 0.3) is 11.8 Å². The monoisotopic (exact) mass is 332 g/mol. The van der Waals surface area contributed by atoms with Crippen molar-refractivity contribution in [3.05, 3.63) is 23.5 Å². The van der Waals surface area contributed by atoms with Crippen LogP contribution in [0, 0.1) is 5.92 Å². The molecule has 7 heteroatoms. The number of hydrogen-bond acceptors (Lipinski definition) is 3. The molecule has 1 saturated carbocycles. The zero-order valence-corrected chi connectivity index (χ0v) is 13.7. The SMILES string of the molecule is NC(=O)c1ccc(C(=O)N2CCC2CNC(=O)C2CCCCC2)[nH]1. The van der Waals surface area contributed by atoms with Gasteiger partial charge >= 0.3 is 0 Å². The molecule has 3 amide bonds. The minimum absolute atomic E-state index is 0.0189. The number of aromatic nitrogens is 1. The number of nitrogens with zero attached hydrogens (tertiary/aromatic N) is 1. The van der Waals surface area contributed by atoms with Crippen molar-refractivity contribution in [1.82, 2.24) is 15.2 Å². The Balaban J connectivity index is 1.51. The molecule has 2 aliphatic rings. The summed E-state index contributed by atoms with van der Waals surface area (Å²) in [6.45, 7) is 1.15. The maximum atomic E-state index is 12.4. The van der Waals surface area contributed by atoms with Crippen LogP contribution < -0.4 is 11.1 Å². The van der Waals surface area contributed by atoms with Crippen molar-refractivity contribution in [1.29, 1.82) is 0 Å². The fourth-order valence-electron chi connectivity index (χ4n) is 3.47. The first-order valence-electron chi connectivity index (χ1n) is 8.63. The Morgan fingerprint density at radius 3 is 2.42 bits per heavy atom. The van der Waals surface area contributed by atoms with Gasteiger partial charge < -0.3 is 20.9 Å². The number of rotatable bonds is 5. The third-order valence-corrected chi connectivity index (χ3v) is 5.07. The molecule has 1 aromatic rings. The fourth-order valence-corrected chi connectivity index (χ4v) is 3.47. The second kappa shape index (κ2) is 7.07. The maximum absolute atomic E-state index is 12.4. The summed E-state index contributed by atoms with van der Waals surface area (Å²) in [5, 5.41) is 3.00.